The van der Waals surface area contributed by atoms with Crippen molar-refractivity contribution in [3.63, 3.8) is 0 Å². The summed E-state index contributed by atoms with van der Waals surface area (Å²) in [6, 6.07) is 10.3. The summed E-state index contributed by atoms with van der Waals surface area (Å²) in [5, 5.41) is 2.66. The first-order chi connectivity index (χ1) is 17.9. The Kier molecular flexibility index (Phi) is 9.42. The molecule has 9 nitrogen and oxygen atoms in total. The summed E-state index contributed by atoms with van der Waals surface area (Å²) in [6.45, 7) is 2.16. The number of amides is 1. The number of rotatable bonds is 12. The van der Waals surface area contributed by atoms with Gasteiger partial charge in [-0.3, -0.25) is 9.59 Å². The number of nitrogens with zero attached hydrogens (tertiary/aromatic N) is 2. The summed E-state index contributed by atoms with van der Waals surface area (Å²) in [6.07, 6.45) is 0.738. The number of nitrogens with one attached hydrogen (secondary N) is 1. The van der Waals surface area contributed by atoms with Crippen molar-refractivity contribution in [1.82, 2.24) is 9.29 Å². The maximum absolute atomic E-state index is 13.8. The number of carbonyl (C=O) groups excluding carboxylic acids is 2. The zero-order chi connectivity index (χ0) is 28.1. The molecule has 1 aromatic carbocycles. The topological polar surface area (TPSA) is 115 Å². The van der Waals surface area contributed by atoms with Crippen molar-refractivity contribution < 1.29 is 36.3 Å². The van der Waals surface area contributed by atoms with E-state index in [4.69, 9.17) is 0 Å². The molecule has 12 heteroatoms. The van der Waals surface area contributed by atoms with E-state index >= 15 is 0 Å². The monoisotopic (exact) mass is 553 g/mol. The molecule has 1 saturated heterocycles. The molecule has 2 aromatic rings. The first-order valence-corrected chi connectivity index (χ1v) is 13.9. The number of pyridine rings is 1. The first kappa shape index (κ1) is 29.4. The highest BCUT2D eigenvalue weighted by atomic mass is 32.2. The lowest BCUT2D eigenvalue weighted by molar-refractivity contribution is -0.140. The molecule has 1 aliphatic rings. The van der Waals surface area contributed by atoms with Crippen LogP contribution in [0.25, 0.3) is 0 Å². The second kappa shape index (κ2) is 12.2. The van der Waals surface area contributed by atoms with Crippen LogP contribution < -0.4 is 10.1 Å². The van der Waals surface area contributed by atoms with Gasteiger partial charge in [0, 0.05) is 25.2 Å². The highest BCUT2D eigenvalue weighted by molar-refractivity contribution is 7.89. The van der Waals surface area contributed by atoms with Crippen LogP contribution in [0.15, 0.2) is 36.4 Å². The molecule has 0 radical (unpaired) electrons. The predicted molar refractivity (Wildman–Crippen MR) is 138 cm³/mol. The van der Waals surface area contributed by atoms with E-state index in [9.17, 15) is 26.8 Å². The first-order valence-electron chi connectivity index (χ1n) is 12.3. The number of unbranched alkanes of at least 4 members (excludes halogenated alkanes) is 1. The number of methoxy groups -OCH3 is 1. The van der Waals surface area contributed by atoms with Gasteiger partial charge in [0.1, 0.15) is 11.1 Å². The van der Waals surface area contributed by atoms with E-state index in [0.29, 0.717) is 17.7 Å². The van der Waals surface area contributed by atoms with Crippen molar-refractivity contribution in [1.29, 1.82) is 0 Å². The van der Waals surface area contributed by atoms with Gasteiger partial charge in [-0.1, -0.05) is 38.1 Å². The Bertz CT molecular complexity index is 1260. The molecule has 1 fully saturated rings. The summed E-state index contributed by atoms with van der Waals surface area (Å²) in [4.78, 5) is 29.1. The number of alkyl halides is 2. The smallest absolute Gasteiger partial charge is 0.388 e. The van der Waals surface area contributed by atoms with Crippen LogP contribution in [0.3, 0.4) is 0 Å². The number of aryl methyl sites for hydroxylation is 1. The highest BCUT2D eigenvalue weighted by Gasteiger charge is 2.55. The number of hydrogen-bond donors (Lipinski definition) is 1. The van der Waals surface area contributed by atoms with Gasteiger partial charge in [0.25, 0.3) is 0 Å². The third-order valence-corrected chi connectivity index (χ3v) is 8.38. The number of carbonyl (C=O) groups is 2. The fourth-order valence-corrected chi connectivity index (χ4v) is 6.12. The van der Waals surface area contributed by atoms with Crippen LogP contribution >= 0.6 is 0 Å². The molecule has 3 rings (SSSR count). The molecule has 0 atom stereocenters. The maximum atomic E-state index is 13.8. The number of hydrogen-bond acceptors (Lipinski definition) is 7. The number of benzene rings is 1. The molecule has 0 aliphatic carbocycles. The predicted octanol–water partition coefficient (Wildman–Crippen LogP) is 3.98. The Labute approximate surface area is 221 Å². The zero-order valence-corrected chi connectivity index (χ0v) is 22.7. The number of ether oxygens (including phenoxy) is 2. The van der Waals surface area contributed by atoms with Crippen LogP contribution in [0.2, 0.25) is 0 Å². The van der Waals surface area contributed by atoms with Gasteiger partial charge in [-0.2, -0.15) is 13.1 Å². The lowest BCUT2D eigenvalue weighted by Crippen LogP contribution is -2.66. The SMILES string of the molecule is COC(=O)CCCCS(=O)(=O)N1CC(C(=O)Nc2ccc(C)nc2OC(F)F)(c2ccccc2C(C)C)C1. The molecular formula is C26H33F2N3O6S. The summed E-state index contributed by atoms with van der Waals surface area (Å²) in [5.41, 5.74) is 0.676. The molecule has 208 valence electrons. The molecule has 38 heavy (non-hydrogen) atoms. The summed E-state index contributed by atoms with van der Waals surface area (Å²) >= 11 is 0. The van der Waals surface area contributed by atoms with E-state index < -0.39 is 39.8 Å². The van der Waals surface area contributed by atoms with Crippen LogP contribution in [0.4, 0.5) is 14.5 Å². The fourth-order valence-electron chi connectivity index (χ4n) is 4.45. The standard InChI is InChI=1S/C26H33F2N3O6S/c1-17(2)19-9-5-6-10-20(19)26(15-31(16-26)38(34,35)14-8-7-11-22(32)36-4)24(33)30-21-13-12-18(3)29-23(21)37-25(27)28/h5-6,9-10,12-13,17,25H,7-8,11,14-16H2,1-4H3,(H,30,33). The molecule has 0 spiro atoms. The second-order valence-corrected chi connectivity index (χ2v) is 11.7. The maximum Gasteiger partial charge on any atom is 0.388 e. The van der Waals surface area contributed by atoms with Gasteiger partial charge in [0.2, 0.25) is 21.8 Å². The number of esters is 1. The second-order valence-electron chi connectivity index (χ2n) is 9.58. The van der Waals surface area contributed by atoms with Crippen molar-refractivity contribution >= 4 is 27.6 Å². The van der Waals surface area contributed by atoms with Crippen LogP contribution in [-0.4, -0.2) is 62.1 Å². The lowest BCUT2D eigenvalue weighted by atomic mass is 9.71. The van der Waals surface area contributed by atoms with Crippen molar-refractivity contribution in [2.24, 2.45) is 0 Å². The molecule has 0 bridgehead atoms. The molecule has 1 amide bonds. The Hall–Kier alpha value is -3.12. The number of anilines is 1. The Balaban J connectivity index is 1.89. The minimum Gasteiger partial charge on any atom is -0.469 e. The molecule has 1 aliphatic heterocycles. The van der Waals surface area contributed by atoms with E-state index in [1.165, 1.54) is 17.5 Å². The van der Waals surface area contributed by atoms with Gasteiger partial charge in [0.05, 0.1) is 12.9 Å². The third-order valence-electron chi connectivity index (χ3n) is 6.53. The quantitative estimate of drug-likeness (QED) is 0.312. The van der Waals surface area contributed by atoms with Crippen molar-refractivity contribution in [2.75, 3.05) is 31.3 Å². The number of aromatic nitrogens is 1. The summed E-state index contributed by atoms with van der Waals surface area (Å²) < 4.78 is 62.4. The lowest BCUT2D eigenvalue weighted by Gasteiger charge is -2.49. The Morgan fingerprint density at radius 1 is 1.13 bits per heavy atom. The van der Waals surface area contributed by atoms with Gasteiger partial charge in [-0.15, -0.1) is 0 Å². The molecule has 0 saturated carbocycles. The van der Waals surface area contributed by atoms with E-state index in [0.717, 1.165) is 5.56 Å². The van der Waals surface area contributed by atoms with Crippen LogP contribution in [0.1, 0.15) is 55.8 Å². The van der Waals surface area contributed by atoms with Gasteiger partial charge < -0.3 is 14.8 Å². The minimum absolute atomic E-state index is 0.0357. The van der Waals surface area contributed by atoms with E-state index in [1.807, 2.05) is 26.0 Å². The summed E-state index contributed by atoms with van der Waals surface area (Å²) in [7, 11) is -2.44. The molecular weight excluding hydrogens is 520 g/mol. The minimum atomic E-state index is -3.71. The van der Waals surface area contributed by atoms with Crippen molar-refractivity contribution in [2.45, 2.75) is 58.0 Å². The van der Waals surface area contributed by atoms with Gasteiger partial charge in [-0.25, -0.2) is 13.4 Å². The summed E-state index contributed by atoms with van der Waals surface area (Å²) in [5.74, 6) is -1.52. The zero-order valence-electron chi connectivity index (χ0n) is 21.9. The largest absolute Gasteiger partial charge is 0.469 e. The van der Waals surface area contributed by atoms with Crippen molar-refractivity contribution in [3.8, 4) is 5.88 Å². The van der Waals surface area contributed by atoms with E-state index in [1.54, 1.807) is 25.1 Å². The molecule has 1 aromatic heterocycles. The average molecular weight is 554 g/mol. The van der Waals surface area contributed by atoms with Gasteiger partial charge in [0.15, 0.2) is 0 Å². The normalized spacial score (nSPS) is 15.3. The highest BCUT2D eigenvalue weighted by Crippen LogP contribution is 2.42. The van der Waals surface area contributed by atoms with Crippen LogP contribution in [-0.2, 0) is 29.8 Å². The van der Waals surface area contributed by atoms with Crippen LogP contribution in [0, 0.1) is 6.92 Å². The van der Waals surface area contributed by atoms with Crippen molar-refractivity contribution in [3.05, 3.63) is 53.2 Å². The number of halogens is 2. The van der Waals surface area contributed by atoms with Gasteiger partial charge in [-0.05, 0) is 48.9 Å². The Morgan fingerprint density at radius 3 is 2.45 bits per heavy atom. The van der Waals surface area contributed by atoms with E-state index in [-0.39, 0.29) is 43.3 Å². The molecule has 1 N–H and O–H groups in total. The molecule has 2 heterocycles. The third kappa shape index (κ3) is 6.65. The fraction of sp³-hybridized carbons (Fsp3) is 0.500. The Morgan fingerprint density at radius 2 is 1.82 bits per heavy atom. The van der Waals surface area contributed by atoms with E-state index in [2.05, 4.69) is 19.8 Å². The molecule has 0 unspecified atom stereocenters. The van der Waals surface area contributed by atoms with Gasteiger partial charge >= 0.3 is 12.6 Å². The average Bonchev–Trinajstić information content (AvgIpc) is 2.82. The number of sulfonamides is 1. The van der Waals surface area contributed by atoms with Crippen LogP contribution in [0.5, 0.6) is 5.88 Å².